The van der Waals surface area contributed by atoms with Crippen LogP contribution in [-0.4, -0.2) is 24.8 Å². The summed E-state index contributed by atoms with van der Waals surface area (Å²) in [5.74, 6) is -0.489. The zero-order valence-corrected chi connectivity index (χ0v) is 14.6. The quantitative estimate of drug-likeness (QED) is 0.463. The van der Waals surface area contributed by atoms with Crippen LogP contribution in [0.1, 0.15) is 58.4 Å². The minimum Gasteiger partial charge on any atom is -0.458 e. The maximum atomic E-state index is 12.8. The van der Waals surface area contributed by atoms with E-state index >= 15 is 0 Å². The second-order valence-corrected chi connectivity index (χ2v) is 6.78. The molecule has 0 N–H and O–H groups in total. The molecule has 23 heavy (non-hydrogen) atoms. The number of carbonyl (C=O) groups excluding carboxylic acids is 1. The molecule has 3 nitrogen and oxygen atoms in total. The molecule has 0 amide bonds. The molecule has 1 rings (SSSR count). The van der Waals surface area contributed by atoms with Crippen LogP contribution >= 0.6 is 0 Å². The molecule has 0 atom stereocenters. The van der Waals surface area contributed by atoms with Crippen molar-refractivity contribution in [3.05, 3.63) is 35.6 Å². The number of unbranched alkanes of at least 4 members (excludes halogenated alkanes) is 4. The maximum absolute atomic E-state index is 12.8. The van der Waals surface area contributed by atoms with Crippen molar-refractivity contribution in [1.82, 2.24) is 0 Å². The molecule has 0 aliphatic rings. The summed E-state index contributed by atoms with van der Waals surface area (Å²) in [6.07, 6.45) is 6.47. The van der Waals surface area contributed by atoms with Crippen LogP contribution in [-0.2, 0) is 20.7 Å². The van der Waals surface area contributed by atoms with Gasteiger partial charge >= 0.3 is 5.97 Å². The SMILES string of the molecule is CC(C)(C)OC(=O)COCCCCCCCc1ccc(F)cc1. The average molecular weight is 324 g/mol. The van der Waals surface area contributed by atoms with Gasteiger partial charge in [-0.1, -0.05) is 31.4 Å². The lowest BCUT2D eigenvalue weighted by Crippen LogP contribution is -2.26. The summed E-state index contributed by atoms with van der Waals surface area (Å²) in [6, 6.07) is 6.72. The lowest BCUT2D eigenvalue weighted by atomic mass is 10.1. The summed E-state index contributed by atoms with van der Waals surface area (Å²) < 4.78 is 23.2. The zero-order valence-electron chi connectivity index (χ0n) is 14.6. The first-order valence-corrected chi connectivity index (χ1v) is 8.41. The molecule has 0 spiro atoms. The first-order chi connectivity index (χ1) is 10.9. The van der Waals surface area contributed by atoms with E-state index in [1.54, 1.807) is 0 Å². The van der Waals surface area contributed by atoms with Gasteiger partial charge < -0.3 is 9.47 Å². The van der Waals surface area contributed by atoms with Crippen molar-refractivity contribution in [3.63, 3.8) is 0 Å². The van der Waals surface area contributed by atoms with E-state index in [2.05, 4.69) is 0 Å². The van der Waals surface area contributed by atoms with Gasteiger partial charge in [-0.2, -0.15) is 0 Å². The fourth-order valence-corrected chi connectivity index (χ4v) is 2.24. The molecule has 1 aromatic rings. The molecule has 0 aromatic heterocycles. The zero-order chi connectivity index (χ0) is 17.1. The molecule has 4 heteroatoms. The predicted molar refractivity (Wildman–Crippen MR) is 89.9 cm³/mol. The number of hydrogen-bond donors (Lipinski definition) is 0. The molecule has 0 aliphatic carbocycles. The Bertz CT molecular complexity index is 449. The van der Waals surface area contributed by atoms with E-state index < -0.39 is 5.60 Å². The van der Waals surface area contributed by atoms with Crippen molar-refractivity contribution in [2.75, 3.05) is 13.2 Å². The monoisotopic (exact) mass is 324 g/mol. The van der Waals surface area contributed by atoms with E-state index in [1.165, 1.54) is 17.7 Å². The van der Waals surface area contributed by atoms with E-state index in [0.717, 1.165) is 38.5 Å². The molecular formula is C19H29FO3. The third-order valence-electron chi connectivity index (χ3n) is 3.31. The first kappa shape index (κ1) is 19.6. The van der Waals surface area contributed by atoms with Gasteiger partial charge in [-0.25, -0.2) is 9.18 Å². The van der Waals surface area contributed by atoms with Gasteiger partial charge in [0, 0.05) is 6.61 Å². The number of rotatable bonds is 10. The van der Waals surface area contributed by atoms with Crippen LogP contribution in [0.2, 0.25) is 0 Å². The van der Waals surface area contributed by atoms with Crippen molar-refractivity contribution in [1.29, 1.82) is 0 Å². The molecule has 0 radical (unpaired) electrons. The highest BCUT2D eigenvalue weighted by Crippen LogP contribution is 2.10. The first-order valence-electron chi connectivity index (χ1n) is 8.41. The van der Waals surface area contributed by atoms with E-state index in [1.807, 2.05) is 32.9 Å². The molecule has 0 fully saturated rings. The lowest BCUT2D eigenvalue weighted by Gasteiger charge is -2.19. The molecule has 0 saturated heterocycles. The van der Waals surface area contributed by atoms with Gasteiger partial charge in [0.15, 0.2) is 0 Å². The van der Waals surface area contributed by atoms with E-state index in [-0.39, 0.29) is 18.4 Å². The Kier molecular flexibility index (Phi) is 8.85. The maximum Gasteiger partial charge on any atom is 0.332 e. The molecule has 0 saturated carbocycles. The summed E-state index contributed by atoms with van der Waals surface area (Å²) in [4.78, 5) is 11.4. The summed E-state index contributed by atoms with van der Waals surface area (Å²) in [5.41, 5.74) is 0.734. The van der Waals surface area contributed by atoms with Crippen LogP contribution in [0.25, 0.3) is 0 Å². The number of carbonyl (C=O) groups is 1. The Morgan fingerprint density at radius 1 is 1.00 bits per heavy atom. The van der Waals surface area contributed by atoms with Gasteiger partial charge in [-0.05, 0) is 57.7 Å². The second kappa shape index (κ2) is 10.4. The Morgan fingerprint density at radius 3 is 2.26 bits per heavy atom. The van der Waals surface area contributed by atoms with Crippen LogP contribution in [0.15, 0.2) is 24.3 Å². The molecular weight excluding hydrogens is 295 g/mol. The largest absolute Gasteiger partial charge is 0.458 e. The highest BCUT2D eigenvalue weighted by Gasteiger charge is 2.15. The molecule has 1 aromatic carbocycles. The highest BCUT2D eigenvalue weighted by molar-refractivity contribution is 5.71. The third-order valence-corrected chi connectivity index (χ3v) is 3.31. The average Bonchev–Trinajstić information content (AvgIpc) is 2.45. The number of halogens is 1. The van der Waals surface area contributed by atoms with Gasteiger partial charge in [-0.3, -0.25) is 0 Å². The number of aryl methyl sites for hydroxylation is 1. The predicted octanol–water partition coefficient (Wildman–Crippen LogP) is 4.68. The van der Waals surface area contributed by atoms with Crippen LogP contribution in [0.4, 0.5) is 4.39 Å². The third kappa shape index (κ3) is 10.9. The summed E-state index contributed by atoms with van der Waals surface area (Å²) in [6.45, 7) is 6.16. The fourth-order valence-electron chi connectivity index (χ4n) is 2.24. The Balaban J connectivity index is 1.92. The van der Waals surface area contributed by atoms with Gasteiger partial charge in [0.1, 0.15) is 18.0 Å². The summed E-state index contributed by atoms with van der Waals surface area (Å²) in [5, 5.41) is 0. The standard InChI is InChI=1S/C19H29FO3/c1-19(2,3)23-18(21)15-22-14-8-6-4-5-7-9-16-10-12-17(20)13-11-16/h10-13H,4-9,14-15H2,1-3H3. The van der Waals surface area contributed by atoms with Crippen molar-refractivity contribution in [2.45, 2.75) is 64.9 Å². The van der Waals surface area contributed by atoms with Gasteiger partial charge in [-0.15, -0.1) is 0 Å². The number of ether oxygens (including phenoxy) is 2. The number of esters is 1. The Morgan fingerprint density at radius 2 is 1.61 bits per heavy atom. The van der Waals surface area contributed by atoms with Crippen molar-refractivity contribution < 1.29 is 18.7 Å². The number of benzene rings is 1. The topological polar surface area (TPSA) is 35.5 Å². The van der Waals surface area contributed by atoms with Crippen LogP contribution in [0.5, 0.6) is 0 Å². The molecule has 0 unspecified atom stereocenters. The summed E-state index contributed by atoms with van der Waals surface area (Å²) in [7, 11) is 0. The van der Waals surface area contributed by atoms with E-state index in [4.69, 9.17) is 9.47 Å². The van der Waals surface area contributed by atoms with E-state index in [0.29, 0.717) is 6.61 Å². The molecule has 130 valence electrons. The van der Waals surface area contributed by atoms with Gasteiger partial charge in [0.2, 0.25) is 0 Å². The van der Waals surface area contributed by atoms with Crippen molar-refractivity contribution in [3.8, 4) is 0 Å². The molecule has 0 bridgehead atoms. The number of hydrogen-bond acceptors (Lipinski definition) is 3. The van der Waals surface area contributed by atoms with Crippen LogP contribution < -0.4 is 0 Å². The lowest BCUT2D eigenvalue weighted by molar-refractivity contribution is -0.160. The van der Waals surface area contributed by atoms with Gasteiger partial charge in [0.05, 0.1) is 0 Å². The minimum atomic E-state index is -0.453. The van der Waals surface area contributed by atoms with E-state index in [9.17, 15) is 9.18 Å². The minimum absolute atomic E-state index is 0.0296. The summed E-state index contributed by atoms with van der Waals surface area (Å²) >= 11 is 0. The van der Waals surface area contributed by atoms with Crippen LogP contribution in [0, 0.1) is 5.82 Å². The smallest absolute Gasteiger partial charge is 0.332 e. The Labute approximate surface area is 139 Å². The molecule has 0 heterocycles. The second-order valence-electron chi connectivity index (χ2n) is 6.78. The molecule has 0 aliphatic heterocycles. The van der Waals surface area contributed by atoms with Crippen molar-refractivity contribution >= 4 is 5.97 Å². The Hall–Kier alpha value is -1.42. The normalized spacial score (nSPS) is 11.5. The van der Waals surface area contributed by atoms with Gasteiger partial charge in [0.25, 0.3) is 0 Å². The van der Waals surface area contributed by atoms with Crippen LogP contribution in [0.3, 0.4) is 0 Å². The van der Waals surface area contributed by atoms with Crippen molar-refractivity contribution in [2.24, 2.45) is 0 Å². The highest BCUT2D eigenvalue weighted by atomic mass is 19.1. The fraction of sp³-hybridized carbons (Fsp3) is 0.632.